The molecule has 2 saturated heterocycles. The normalized spacial score (nSPS) is 24.0. The fourth-order valence-corrected chi connectivity index (χ4v) is 8.17. The van der Waals surface area contributed by atoms with Gasteiger partial charge in [-0.2, -0.15) is 0 Å². The van der Waals surface area contributed by atoms with Crippen molar-refractivity contribution in [2.24, 2.45) is 29.6 Å². The van der Waals surface area contributed by atoms with Crippen LogP contribution < -0.4 is 14.2 Å². The summed E-state index contributed by atoms with van der Waals surface area (Å²) in [5.41, 5.74) is 4.86. The third-order valence-corrected chi connectivity index (χ3v) is 10.5. The molecule has 8 heteroatoms. The molecule has 0 bridgehead atoms. The number of fused-ring (bicyclic) bond motifs is 6. The number of piperidine rings is 2. The van der Waals surface area contributed by atoms with E-state index < -0.39 is 0 Å². The second-order valence-electron chi connectivity index (χ2n) is 15.6. The van der Waals surface area contributed by atoms with Crippen molar-refractivity contribution in [3.63, 3.8) is 0 Å². The zero-order valence-corrected chi connectivity index (χ0v) is 30.5. The van der Waals surface area contributed by atoms with Crippen LogP contribution in [0, 0.1) is 29.6 Å². The van der Waals surface area contributed by atoms with Crippen LogP contribution in [0.1, 0.15) is 102 Å². The number of phenolic OH excluding ortho intramolecular Hbond substituents is 1. The molecule has 4 atom stereocenters. The number of ketones is 2. The summed E-state index contributed by atoms with van der Waals surface area (Å²) < 4.78 is 16.8. The van der Waals surface area contributed by atoms with Crippen molar-refractivity contribution in [1.82, 2.24) is 9.80 Å². The molecule has 0 spiro atoms. The van der Waals surface area contributed by atoms with Gasteiger partial charge in [-0.25, -0.2) is 0 Å². The summed E-state index contributed by atoms with van der Waals surface area (Å²) in [7, 11) is 3.25. The van der Waals surface area contributed by atoms with E-state index in [-0.39, 0.29) is 29.7 Å². The lowest BCUT2D eigenvalue weighted by molar-refractivity contribution is -0.130. The van der Waals surface area contributed by atoms with Gasteiger partial charge >= 0.3 is 0 Å². The minimum atomic E-state index is 0.147. The number of rotatable bonds is 9. The first kappa shape index (κ1) is 36.2. The van der Waals surface area contributed by atoms with Gasteiger partial charge < -0.3 is 19.3 Å². The molecule has 0 aromatic heterocycles. The maximum absolute atomic E-state index is 12.7. The molecule has 8 nitrogen and oxygen atoms in total. The Morgan fingerprint density at radius 1 is 0.688 bits per heavy atom. The zero-order chi connectivity index (χ0) is 34.7. The van der Waals surface area contributed by atoms with Gasteiger partial charge in [0.25, 0.3) is 0 Å². The first-order valence-corrected chi connectivity index (χ1v) is 18.1. The molecule has 2 aromatic carbocycles. The third kappa shape index (κ3) is 8.19. The van der Waals surface area contributed by atoms with E-state index in [1.807, 2.05) is 6.07 Å². The average Bonchev–Trinajstić information content (AvgIpc) is 3.03. The summed E-state index contributed by atoms with van der Waals surface area (Å²) in [6.07, 6.45) is 5.12. The van der Waals surface area contributed by atoms with Crippen LogP contribution in [0.5, 0.6) is 23.0 Å². The Hall–Kier alpha value is -3.10. The zero-order valence-electron chi connectivity index (χ0n) is 30.5. The van der Waals surface area contributed by atoms with Crippen LogP contribution in [0.25, 0.3) is 0 Å². The Labute approximate surface area is 288 Å². The molecule has 2 aromatic rings. The Kier molecular flexibility index (Phi) is 11.8. The lowest BCUT2D eigenvalue weighted by Gasteiger charge is -2.43. The van der Waals surface area contributed by atoms with Gasteiger partial charge in [0, 0.05) is 62.9 Å². The molecule has 48 heavy (non-hydrogen) atoms. The smallest absolute Gasteiger partial charge is 0.161 e. The molecular formula is C40H58N2O6. The fraction of sp³-hybridized carbons (Fsp3) is 0.650. The highest BCUT2D eigenvalue weighted by Crippen LogP contribution is 2.44. The van der Waals surface area contributed by atoms with Crippen LogP contribution in [-0.2, 0) is 22.4 Å². The second-order valence-corrected chi connectivity index (χ2v) is 15.6. The van der Waals surface area contributed by atoms with E-state index in [1.54, 1.807) is 20.3 Å². The van der Waals surface area contributed by atoms with Crippen molar-refractivity contribution < 1.29 is 28.9 Å². The van der Waals surface area contributed by atoms with Crippen molar-refractivity contribution in [3.8, 4) is 23.0 Å². The van der Waals surface area contributed by atoms with Gasteiger partial charge in [-0.05, 0) is 90.0 Å². The van der Waals surface area contributed by atoms with Gasteiger partial charge in [0.05, 0.1) is 20.8 Å². The van der Waals surface area contributed by atoms with Crippen LogP contribution in [-0.4, -0.2) is 73.5 Å². The van der Waals surface area contributed by atoms with E-state index in [0.29, 0.717) is 54.5 Å². The number of phenols is 1. The van der Waals surface area contributed by atoms with E-state index in [2.05, 4.69) is 63.5 Å². The molecule has 4 aliphatic heterocycles. The maximum atomic E-state index is 12.7. The van der Waals surface area contributed by atoms with Crippen molar-refractivity contribution in [2.45, 2.75) is 92.2 Å². The minimum Gasteiger partial charge on any atom is -0.504 e. The van der Waals surface area contributed by atoms with E-state index in [0.717, 1.165) is 74.5 Å². The number of carbonyl (C=O) groups excluding carboxylic acids is 2. The Balaban J connectivity index is 0.000000190. The molecule has 2 fully saturated rings. The van der Waals surface area contributed by atoms with Crippen LogP contribution in [0.15, 0.2) is 24.3 Å². The molecule has 4 unspecified atom stereocenters. The van der Waals surface area contributed by atoms with E-state index in [9.17, 15) is 14.7 Å². The molecule has 264 valence electrons. The lowest BCUT2D eigenvalue weighted by atomic mass is 9.80. The molecule has 0 aliphatic carbocycles. The van der Waals surface area contributed by atoms with Crippen molar-refractivity contribution >= 4 is 11.6 Å². The van der Waals surface area contributed by atoms with Gasteiger partial charge in [0.2, 0.25) is 0 Å². The van der Waals surface area contributed by atoms with E-state index >= 15 is 0 Å². The van der Waals surface area contributed by atoms with Crippen molar-refractivity contribution in [1.29, 1.82) is 0 Å². The summed E-state index contributed by atoms with van der Waals surface area (Å²) in [6.45, 7) is 17.5. The summed E-state index contributed by atoms with van der Waals surface area (Å²) in [5.74, 6) is 5.07. The highest BCUT2D eigenvalue weighted by molar-refractivity contribution is 5.83. The molecule has 0 saturated carbocycles. The number of aromatic hydroxyl groups is 1. The summed E-state index contributed by atoms with van der Waals surface area (Å²) in [6, 6.07) is 8.31. The van der Waals surface area contributed by atoms with Gasteiger partial charge in [-0.1, -0.05) is 41.5 Å². The van der Waals surface area contributed by atoms with E-state index in [1.165, 1.54) is 11.1 Å². The minimum absolute atomic E-state index is 0.147. The number of hydrogen-bond donors (Lipinski definition) is 1. The molecule has 6 rings (SSSR count). The fourth-order valence-electron chi connectivity index (χ4n) is 8.17. The van der Waals surface area contributed by atoms with Gasteiger partial charge in [0.15, 0.2) is 23.0 Å². The molecular weight excluding hydrogens is 604 g/mol. The van der Waals surface area contributed by atoms with Crippen LogP contribution in [0.4, 0.5) is 0 Å². The molecule has 0 radical (unpaired) electrons. The Bertz CT molecular complexity index is 1450. The highest BCUT2D eigenvalue weighted by Gasteiger charge is 2.40. The molecule has 1 N–H and O–H groups in total. The molecule has 0 amide bonds. The number of nitrogens with zero attached hydrogens (tertiary/aromatic N) is 2. The molecule has 4 heterocycles. The second kappa shape index (κ2) is 15.6. The summed E-state index contributed by atoms with van der Waals surface area (Å²) >= 11 is 0. The highest BCUT2D eigenvalue weighted by atomic mass is 16.5. The maximum Gasteiger partial charge on any atom is 0.161 e. The predicted molar refractivity (Wildman–Crippen MR) is 189 cm³/mol. The third-order valence-electron chi connectivity index (χ3n) is 10.5. The van der Waals surface area contributed by atoms with Gasteiger partial charge in [-0.15, -0.1) is 0 Å². The number of hydrogen-bond acceptors (Lipinski definition) is 8. The van der Waals surface area contributed by atoms with E-state index in [4.69, 9.17) is 14.2 Å². The number of methoxy groups -OCH3 is 2. The first-order chi connectivity index (χ1) is 22.9. The predicted octanol–water partition coefficient (Wildman–Crippen LogP) is 7.20. The topological polar surface area (TPSA) is 88.5 Å². The van der Waals surface area contributed by atoms with Crippen molar-refractivity contribution in [3.05, 3.63) is 46.5 Å². The molecule has 4 aliphatic rings. The first-order valence-electron chi connectivity index (χ1n) is 18.1. The van der Waals surface area contributed by atoms with Crippen LogP contribution >= 0.6 is 0 Å². The Morgan fingerprint density at radius 3 is 1.62 bits per heavy atom. The number of benzene rings is 2. The average molecular weight is 663 g/mol. The number of Topliss-reactive ketones (excluding diaryl/α,β-unsaturated/α-hetero) is 2. The van der Waals surface area contributed by atoms with Gasteiger partial charge in [0.1, 0.15) is 11.6 Å². The number of ether oxygens (including phenoxy) is 3. The standard InChI is InChI=1S/C22H33NO3.C18H25NO3/c1-14(2)8-17-12-23-7-6-16-9-22(26-13-15(3)4)21(25-5)10-18(16)19(23)11-20(17)24;1-11(2)6-13-10-19-5-4-12-7-17(21)18(22-3)8-14(12)15(19)9-16(13)20/h9-10,14-15,17,19H,6-8,11-13H2,1-5H3;7-8,11,13,15,21H,4-6,9-10H2,1-3H3. The van der Waals surface area contributed by atoms with Crippen LogP contribution in [0.3, 0.4) is 0 Å². The van der Waals surface area contributed by atoms with Crippen molar-refractivity contribution in [2.75, 3.05) is 47.0 Å². The van der Waals surface area contributed by atoms with Gasteiger partial charge in [-0.3, -0.25) is 19.4 Å². The quantitative estimate of drug-likeness (QED) is 0.302. The monoisotopic (exact) mass is 662 g/mol. The Morgan fingerprint density at radius 2 is 1.17 bits per heavy atom. The SMILES string of the molecule is COc1cc2c(cc1O)CCN1CC(CC(C)C)C(=O)CC21.COc1cc2c(cc1OCC(C)C)CCN1CC(CC(C)C)C(=O)CC21. The summed E-state index contributed by atoms with van der Waals surface area (Å²) in [4.78, 5) is 30.2. The lowest BCUT2D eigenvalue weighted by Crippen LogP contribution is -2.46. The van der Waals surface area contributed by atoms with Crippen LogP contribution in [0.2, 0.25) is 0 Å². The largest absolute Gasteiger partial charge is 0.504 e. The summed E-state index contributed by atoms with van der Waals surface area (Å²) in [5, 5.41) is 9.95. The number of carbonyl (C=O) groups is 2.